The fourth-order valence-electron chi connectivity index (χ4n) is 2.26. The van der Waals surface area contributed by atoms with Gasteiger partial charge in [0.25, 0.3) is 0 Å². The molecule has 25 heavy (non-hydrogen) atoms. The van der Waals surface area contributed by atoms with Gasteiger partial charge in [-0.2, -0.15) is 0 Å². The van der Waals surface area contributed by atoms with Gasteiger partial charge in [-0.1, -0.05) is 30.3 Å². The zero-order valence-corrected chi connectivity index (χ0v) is 15.5. The van der Waals surface area contributed by atoms with Crippen molar-refractivity contribution in [2.45, 2.75) is 25.5 Å². The molecule has 0 radical (unpaired) electrons. The Hall–Kier alpha value is -2.24. The van der Waals surface area contributed by atoms with Crippen molar-refractivity contribution in [3.63, 3.8) is 0 Å². The van der Waals surface area contributed by atoms with E-state index in [2.05, 4.69) is 5.32 Å². The first-order valence-electron chi connectivity index (χ1n) is 7.87. The van der Waals surface area contributed by atoms with Crippen LogP contribution in [0.15, 0.2) is 54.6 Å². The largest absolute Gasteiger partial charge is 0.497 e. The van der Waals surface area contributed by atoms with Gasteiger partial charge in [-0.3, -0.25) is 4.79 Å². The molecule has 0 saturated carbocycles. The summed E-state index contributed by atoms with van der Waals surface area (Å²) in [6.07, 6.45) is -0.186. The number of halogens is 1. The molecular formula is C19H25ClN2O3. The van der Waals surface area contributed by atoms with Gasteiger partial charge >= 0.3 is 0 Å². The lowest BCUT2D eigenvalue weighted by molar-refractivity contribution is -0.126. The molecule has 5 nitrogen and oxygen atoms in total. The van der Waals surface area contributed by atoms with Crippen molar-refractivity contribution in [1.82, 2.24) is 5.32 Å². The quantitative estimate of drug-likeness (QED) is 0.792. The molecule has 0 fully saturated rings. The highest BCUT2D eigenvalue weighted by atomic mass is 35.5. The number of carbonyl (C=O) groups is 1. The Kier molecular flexibility index (Phi) is 7.74. The monoisotopic (exact) mass is 364 g/mol. The fraction of sp³-hybridized carbons (Fsp3) is 0.316. The topological polar surface area (TPSA) is 73.6 Å². The molecule has 2 aromatic carbocycles. The van der Waals surface area contributed by atoms with Gasteiger partial charge in [0.1, 0.15) is 23.1 Å². The highest BCUT2D eigenvalue weighted by Crippen LogP contribution is 2.19. The van der Waals surface area contributed by atoms with Crippen LogP contribution in [-0.4, -0.2) is 25.7 Å². The van der Waals surface area contributed by atoms with Crippen molar-refractivity contribution < 1.29 is 14.3 Å². The third-order valence-electron chi connectivity index (χ3n) is 3.79. The van der Waals surface area contributed by atoms with Crippen LogP contribution in [0.25, 0.3) is 0 Å². The molecule has 2 unspecified atom stereocenters. The summed E-state index contributed by atoms with van der Waals surface area (Å²) >= 11 is 0. The fourth-order valence-corrected chi connectivity index (χ4v) is 2.26. The summed E-state index contributed by atoms with van der Waals surface area (Å²) in [5.74, 6) is 1.25. The maximum absolute atomic E-state index is 12.4. The molecule has 0 aliphatic rings. The number of ether oxygens (including phenoxy) is 2. The van der Waals surface area contributed by atoms with E-state index in [0.717, 1.165) is 17.1 Å². The van der Waals surface area contributed by atoms with Crippen LogP contribution in [0.4, 0.5) is 0 Å². The summed E-state index contributed by atoms with van der Waals surface area (Å²) in [4.78, 5) is 12.4. The predicted molar refractivity (Wildman–Crippen MR) is 101 cm³/mol. The number of amides is 1. The molecule has 1 amide bonds. The van der Waals surface area contributed by atoms with Crippen LogP contribution in [0.1, 0.15) is 19.4 Å². The second-order valence-corrected chi connectivity index (χ2v) is 5.88. The molecule has 2 rings (SSSR count). The molecule has 2 atom stereocenters. The van der Waals surface area contributed by atoms with Gasteiger partial charge in [-0.25, -0.2) is 0 Å². The molecule has 0 spiro atoms. The van der Waals surface area contributed by atoms with E-state index in [-0.39, 0.29) is 24.4 Å². The first-order valence-corrected chi connectivity index (χ1v) is 7.87. The van der Waals surface area contributed by atoms with Crippen molar-refractivity contribution in [1.29, 1.82) is 0 Å². The summed E-state index contributed by atoms with van der Waals surface area (Å²) in [6.45, 7) is 3.96. The number of benzene rings is 2. The van der Waals surface area contributed by atoms with E-state index in [9.17, 15) is 4.79 Å². The van der Waals surface area contributed by atoms with Crippen molar-refractivity contribution in [3.05, 3.63) is 60.2 Å². The highest BCUT2D eigenvalue weighted by Gasteiger charge is 2.30. The van der Waals surface area contributed by atoms with E-state index < -0.39 is 5.54 Å². The lowest BCUT2D eigenvalue weighted by Crippen LogP contribution is -2.50. The SMILES string of the molecule is COc1ccc(OC(C)CNC(=O)C(C)(N)c2ccccc2)cc1.Cl. The molecule has 2 aromatic rings. The zero-order chi connectivity index (χ0) is 17.6. The Morgan fingerprint density at radius 3 is 2.24 bits per heavy atom. The minimum Gasteiger partial charge on any atom is -0.497 e. The van der Waals surface area contributed by atoms with Crippen LogP contribution in [-0.2, 0) is 10.3 Å². The van der Waals surface area contributed by atoms with Crippen LogP contribution in [0.5, 0.6) is 11.5 Å². The Labute approximate surface area is 154 Å². The van der Waals surface area contributed by atoms with Gasteiger partial charge in [0, 0.05) is 0 Å². The van der Waals surface area contributed by atoms with E-state index in [1.54, 1.807) is 14.0 Å². The Balaban J connectivity index is 0.00000312. The van der Waals surface area contributed by atoms with E-state index in [4.69, 9.17) is 15.2 Å². The van der Waals surface area contributed by atoms with E-state index in [1.807, 2.05) is 61.5 Å². The second kappa shape index (κ2) is 9.30. The van der Waals surface area contributed by atoms with Gasteiger partial charge in [-0.05, 0) is 43.7 Å². The van der Waals surface area contributed by atoms with E-state index in [1.165, 1.54) is 0 Å². The van der Waals surface area contributed by atoms with Gasteiger partial charge in [0.15, 0.2) is 0 Å². The molecule has 0 aliphatic heterocycles. The maximum atomic E-state index is 12.4. The molecule has 0 aromatic heterocycles. The van der Waals surface area contributed by atoms with Crippen molar-refractivity contribution in [3.8, 4) is 11.5 Å². The highest BCUT2D eigenvalue weighted by molar-refractivity contribution is 5.87. The molecular weight excluding hydrogens is 340 g/mol. The lowest BCUT2D eigenvalue weighted by Gasteiger charge is -2.25. The third kappa shape index (κ3) is 5.66. The van der Waals surface area contributed by atoms with Gasteiger partial charge in [0.2, 0.25) is 5.91 Å². The number of nitrogens with two attached hydrogens (primary N) is 1. The van der Waals surface area contributed by atoms with Gasteiger partial charge in [-0.15, -0.1) is 12.4 Å². The number of methoxy groups -OCH3 is 1. The third-order valence-corrected chi connectivity index (χ3v) is 3.79. The summed E-state index contributed by atoms with van der Waals surface area (Å²) in [6, 6.07) is 16.6. The summed E-state index contributed by atoms with van der Waals surface area (Å²) in [7, 11) is 1.62. The van der Waals surface area contributed by atoms with Crippen LogP contribution < -0.4 is 20.5 Å². The van der Waals surface area contributed by atoms with Crippen LogP contribution >= 0.6 is 12.4 Å². The van der Waals surface area contributed by atoms with E-state index in [0.29, 0.717) is 6.54 Å². The van der Waals surface area contributed by atoms with Gasteiger partial charge < -0.3 is 20.5 Å². The van der Waals surface area contributed by atoms with Crippen molar-refractivity contribution >= 4 is 18.3 Å². The average molecular weight is 365 g/mol. The molecule has 6 heteroatoms. The molecule has 3 N–H and O–H groups in total. The summed E-state index contributed by atoms with van der Waals surface area (Å²) in [5, 5.41) is 2.85. The smallest absolute Gasteiger partial charge is 0.244 e. The first kappa shape index (κ1) is 20.8. The summed E-state index contributed by atoms with van der Waals surface area (Å²) < 4.78 is 10.9. The Morgan fingerprint density at radius 2 is 1.68 bits per heavy atom. The first-order chi connectivity index (χ1) is 11.4. The summed E-state index contributed by atoms with van der Waals surface area (Å²) in [5.41, 5.74) is 5.87. The van der Waals surface area contributed by atoms with Crippen LogP contribution in [0, 0.1) is 0 Å². The predicted octanol–water partition coefficient (Wildman–Crippen LogP) is 2.87. The Bertz CT molecular complexity index is 660. The molecule has 0 heterocycles. The molecule has 136 valence electrons. The number of rotatable bonds is 7. The van der Waals surface area contributed by atoms with Gasteiger partial charge in [0.05, 0.1) is 13.7 Å². The van der Waals surface area contributed by atoms with Crippen molar-refractivity contribution in [2.24, 2.45) is 5.73 Å². The minimum absolute atomic E-state index is 0. The van der Waals surface area contributed by atoms with Crippen LogP contribution in [0.2, 0.25) is 0 Å². The number of hydrogen-bond acceptors (Lipinski definition) is 4. The maximum Gasteiger partial charge on any atom is 0.244 e. The number of carbonyl (C=O) groups excluding carboxylic acids is 1. The average Bonchev–Trinajstić information content (AvgIpc) is 2.61. The normalized spacial score (nSPS) is 13.8. The lowest BCUT2D eigenvalue weighted by atomic mass is 9.92. The standard InChI is InChI=1S/C19H24N2O3.ClH/c1-14(24-17-11-9-16(23-3)10-12-17)13-21-18(22)19(2,20)15-7-5-4-6-8-15;/h4-12,14H,13,20H2,1-3H3,(H,21,22);1H. The number of hydrogen-bond donors (Lipinski definition) is 2. The van der Waals surface area contributed by atoms with Crippen molar-refractivity contribution in [2.75, 3.05) is 13.7 Å². The minimum atomic E-state index is -1.08. The zero-order valence-electron chi connectivity index (χ0n) is 14.7. The Morgan fingerprint density at radius 1 is 1.12 bits per heavy atom. The van der Waals surface area contributed by atoms with Crippen LogP contribution in [0.3, 0.4) is 0 Å². The second-order valence-electron chi connectivity index (χ2n) is 5.88. The number of nitrogens with one attached hydrogen (secondary N) is 1. The molecule has 0 aliphatic carbocycles. The van der Waals surface area contributed by atoms with E-state index >= 15 is 0 Å². The molecule has 0 saturated heterocycles. The molecule has 0 bridgehead atoms.